The number of nitrogens with one attached hydrogen (secondary N) is 1. The Bertz CT molecular complexity index is 315. The third-order valence-electron chi connectivity index (χ3n) is 7.16. The lowest BCUT2D eigenvalue weighted by Crippen LogP contribution is -2.48. The fourth-order valence-corrected chi connectivity index (χ4v) is 6.94. The first kappa shape index (κ1) is 12.7. The van der Waals surface area contributed by atoms with Crippen LogP contribution in [0.25, 0.3) is 0 Å². The van der Waals surface area contributed by atoms with Crippen LogP contribution in [-0.2, 0) is 0 Å². The van der Waals surface area contributed by atoms with Crippen LogP contribution in [0.4, 0.5) is 0 Å². The van der Waals surface area contributed by atoms with E-state index in [-0.39, 0.29) is 0 Å². The summed E-state index contributed by atoms with van der Waals surface area (Å²) in [6.45, 7) is 7.68. The van der Waals surface area contributed by atoms with E-state index in [1.807, 2.05) is 0 Å². The highest BCUT2D eigenvalue weighted by atomic mass is 14.9. The van der Waals surface area contributed by atoms with Gasteiger partial charge in [-0.25, -0.2) is 0 Å². The molecule has 0 radical (unpaired) electrons. The van der Waals surface area contributed by atoms with Gasteiger partial charge in [-0.15, -0.1) is 0 Å². The van der Waals surface area contributed by atoms with Crippen molar-refractivity contribution in [1.29, 1.82) is 0 Å². The molecule has 1 saturated heterocycles. The van der Waals surface area contributed by atoms with Crippen molar-refractivity contribution >= 4 is 0 Å². The Labute approximate surface area is 118 Å². The Kier molecular flexibility index (Phi) is 2.82. The molecule has 0 aromatic rings. The molecular formula is C18H31N. The van der Waals surface area contributed by atoms with Gasteiger partial charge in [0.2, 0.25) is 0 Å². The predicted octanol–water partition coefficient (Wildman–Crippen LogP) is 4.23. The van der Waals surface area contributed by atoms with Crippen molar-refractivity contribution in [3.63, 3.8) is 0 Å². The standard InChI is InChI=1S/C18H31N/c1-17(2,16-3-4-19-11-16)12-18-8-13-5-14(9-18)7-15(6-13)10-18/h13-16,19H,3-12H2,1-2H3. The van der Waals surface area contributed by atoms with Gasteiger partial charge in [0, 0.05) is 0 Å². The largest absolute Gasteiger partial charge is 0.316 e. The van der Waals surface area contributed by atoms with Crippen molar-refractivity contribution < 1.29 is 0 Å². The van der Waals surface area contributed by atoms with E-state index >= 15 is 0 Å². The summed E-state index contributed by atoms with van der Waals surface area (Å²) in [5.41, 5.74) is 1.33. The molecule has 108 valence electrons. The Morgan fingerprint density at radius 1 is 1.00 bits per heavy atom. The van der Waals surface area contributed by atoms with Crippen molar-refractivity contribution in [3.05, 3.63) is 0 Å². The molecule has 1 nitrogen and oxygen atoms in total. The summed E-state index contributed by atoms with van der Waals surface area (Å²) in [5, 5.41) is 3.59. The van der Waals surface area contributed by atoms with Crippen molar-refractivity contribution in [1.82, 2.24) is 5.32 Å². The van der Waals surface area contributed by atoms with E-state index in [1.165, 1.54) is 25.9 Å². The Balaban J connectivity index is 1.52. The first-order valence-corrected chi connectivity index (χ1v) is 8.75. The van der Waals surface area contributed by atoms with Crippen LogP contribution in [0.2, 0.25) is 0 Å². The Hall–Kier alpha value is -0.0400. The second-order valence-corrected chi connectivity index (χ2v) is 9.27. The second-order valence-electron chi connectivity index (χ2n) is 9.27. The molecule has 1 unspecified atom stereocenters. The van der Waals surface area contributed by atoms with Crippen LogP contribution in [0.1, 0.15) is 65.2 Å². The van der Waals surface area contributed by atoms with E-state index in [9.17, 15) is 0 Å². The van der Waals surface area contributed by atoms with Crippen LogP contribution < -0.4 is 5.32 Å². The highest BCUT2D eigenvalue weighted by Gasteiger charge is 2.53. The lowest BCUT2D eigenvalue weighted by Gasteiger charge is -2.59. The van der Waals surface area contributed by atoms with E-state index < -0.39 is 0 Å². The van der Waals surface area contributed by atoms with Gasteiger partial charge in [0.05, 0.1) is 0 Å². The van der Waals surface area contributed by atoms with Gasteiger partial charge in [-0.2, -0.15) is 0 Å². The van der Waals surface area contributed by atoms with Crippen molar-refractivity contribution in [2.45, 2.75) is 65.2 Å². The average molecular weight is 261 g/mol. The maximum atomic E-state index is 3.59. The fourth-order valence-electron chi connectivity index (χ4n) is 6.94. The zero-order valence-electron chi connectivity index (χ0n) is 12.9. The monoisotopic (exact) mass is 261 g/mol. The summed E-state index contributed by atoms with van der Waals surface area (Å²) in [6, 6.07) is 0. The molecule has 1 heteroatoms. The van der Waals surface area contributed by atoms with Gasteiger partial charge in [0.15, 0.2) is 0 Å². The molecule has 0 spiro atoms. The van der Waals surface area contributed by atoms with E-state index in [2.05, 4.69) is 19.2 Å². The Morgan fingerprint density at radius 2 is 1.58 bits per heavy atom. The lowest BCUT2D eigenvalue weighted by molar-refractivity contribution is -0.0806. The quantitative estimate of drug-likeness (QED) is 0.801. The third-order valence-corrected chi connectivity index (χ3v) is 7.16. The molecule has 19 heavy (non-hydrogen) atoms. The molecule has 1 N–H and O–H groups in total. The topological polar surface area (TPSA) is 12.0 Å². The molecule has 1 atom stereocenters. The van der Waals surface area contributed by atoms with Crippen molar-refractivity contribution in [2.24, 2.45) is 34.5 Å². The van der Waals surface area contributed by atoms with Crippen molar-refractivity contribution in [2.75, 3.05) is 13.1 Å². The summed E-state index contributed by atoms with van der Waals surface area (Å²) in [6.07, 6.45) is 12.5. The SMILES string of the molecule is CC(C)(CC12CC3CC(CC(C3)C1)C2)C1CCNC1. The first-order valence-electron chi connectivity index (χ1n) is 8.75. The molecule has 5 rings (SSSR count). The van der Waals surface area contributed by atoms with Gasteiger partial charge in [-0.05, 0) is 99.0 Å². The Morgan fingerprint density at radius 3 is 2.05 bits per heavy atom. The number of rotatable bonds is 3. The minimum atomic E-state index is 0.565. The van der Waals surface area contributed by atoms with Gasteiger partial charge < -0.3 is 5.32 Å². The maximum absolute atomic E-state index is 3.59. The number of hydrogen-bond donors (Lipinski definition) is 1. The first-order chi connectivity index (χ1) is 9.05. The third kappa shape index (κ3) is 2.17. The molecule has 1 aliphatic heterocycles. The van der Waals surface area contributed by atoms with Crippen LogP contribution in [0, 0.1) is 34.5 Å². The summed E-state index contributed by atoms with van der Waals surface area (Å²) < 4.78 is 0. The molecule has 4 bridgehead atoms. The zero-order chi connectivity index (χ0) is 13.1. The molecule has 0 aromatic heterocycles. The predicted molar refractivity (Wildman–Crippen MR) is 80.0 cm³/mol. The smallest absolute Gasteiger partial charge is 0.00149 e. The van der Waals surface area contributed by atoms with Gasteiger partial charge in [0.1, 0.15) is 0 Å². The zero-order valence-corrected chi connectivity index (χ0v) is 12.9. The minimum Gasteiger partial charge on any atom is -0.316 e. The van der Waals surface area contributed by atoms with E-state index in [0.29, 0.717) is 5.41 Å². The van der Waals surface area contributed by atoms with E-state index in [0.717, 1.165) is 29.1 Å². The highest BCUT2D eigenvalue weighted by molar-refractivity contribution is 5.04. The summed E-state index contributed by atoms with van der Waals surface area (Å²) in [4.78, 5) is 0. The minimum absolute atomic E-state index is 0.565. The average Bonchev–Trinajstić information content (AvgIpc) is 2.78. The van der Waals surface area contributed by atoms with Gasteiger partial charge in [-0.1, -0.05) is 13.8 Å². The second kappa shape index (κ2) is 4.23. The molecule has 5 fully saturated rings. The summed E-state index contributed by atoms with van der Waals surface area (Å²) >= 11 is 0. The maximum Gasteiger partial charge on any atom is -0.00149 e. The lowest BCUT2D eigenvalue weighted by atomic mass is 9.46. The summed E-state index contributed by atoms with van der Waals surface area (Å²) in [5.74, 6) is 4.27. The van der Waals surface area contributed by atoms with Crippen LogP contribution in [0.5, 0.6) is 0 Å². The molecule has 1 heterocycles. The summed E-state index contributed by atoms with van der Waals surface area (Å²) in [7, 11) is 0. The van der Waals surface area contributed by atoms with E-state index in [1.54, 1.807) is 38.5 Å². The normalized spacial score (nSPS) is 48.9. The molecule has 0 amide bonds. The van der Waals surface area contributed by atoms with Gasteiger partial charge in [0.25, 0.3) is 0 Å². The molecule has 4 aliphatic carbocycles. The molecular weight excluding hydrogens is 230 g/mol. The van der Waals surface area contributed by atoms with Crippen LogP contribution in [-0.4, -0.2) is 13.1 Å². The van der Waals surface area contributed by atoms with Crippen LogP contribution >= 0.6 is 0 Å². The molecule has 0 aromatic carbocycles. The molecule has 4 saturated carbocycles. The van der Waals surface area contributed by atoms with Crippen LogP contribution in [0.15, 0.2) is 0 Å². The number of hydrogen-bond acceptors (Lipinski definition) is 1. The van der Waals surface area contributed by atoms with E-state index in [4.69, 9.17) is 0 Å². The van der Waals surface area contributed by atoms with Crippen LogP contribution in [0.3, 0.4) is 0 Å². The van der Waals surface area contributed by atoms with Gasteiger partial charge >= 0.3 is 0 Å². The molecule has 5 aliphatic rings. The highest BCUT2D eigenvalue weighted by Crippen LogP contribution is 2.63. The fraction of sp³-hybridized carbons (Fsp3) is 1.00. The van der Waals surface area contributed by atoms with Gasteiger partial charge in [-0.3, -0.25) is 0 Å². The van der Waals surface area contributed by atoms with Crippen molar-refractivity contribution in [3.8, 4) is 0 Å².